The minimum absolute atomic E-state index is 0.0252. The minimum atomic E-state index is -0.321. The van der Waals surface area contributed by atoms with Crippen LogP contribution in [0.3, 0.4) is 0 Å². The van der Waals surface area contributed by atoms with Crippen molar-refractivity contribution in [2.24, 2.45) is 5.92 Å². The third-order valence-electron chi connectivity index (χ3n) is 5.67. The first-order valence-electron chi connectivity index (χ1n) is 9.47. The van der Waals surface area contributed by atoms with Gasteiger partial charge in [-0.3, -0.25) is 9.59 Å². The van der Waals surface area contributed by atoms with Crippen LogP contribution in [-0.4, -0.2) is 36.9 Å². The lowest BCUT2D eigenvalue weighted by molar-refractivity contribution is -0.136. The summed E-state index contributed by atoms with van der Waals surface area (Å²) in [4.78, 5) is 29.3. The first-order chi connectivity index (χ1) is 13.5. The van der Waals surface area contributed by atoms with Crippen LogP contribution in [0.2, 0.25) is 5.02 Å². The second-order valence-electron chi connectivity index (χ2n) is 7.48. The van der Waals surface area contributed by atoms with Gasteiger partial charge in [0.25, 0.3) is 0 Å². The molecule has 0 aromatic heterocycles. The van der Waals surface area contributed by atoms with Crippen LogP contribution >= 0.6 is 11.6 Å². The smallest absolute Gasteiger partial charge is 0.228 e. The number of carbonyl (C=O) groups excluding carboxylic acids is 2. The van der Waals surface area contributed by atoms with Crippen LogP contribution < -0.4 is 9.64 Å². The van der Waals surface area contributed by atoms with Gasteiger partial charge in [-0.25, -0.2) is 0 Å². The fraction of sp³-hybridized carbons (Fsp3) is 0.364. The second-order valence-corrected chi connectivity index (χ2v) is 7.92. The van der Waals surface area contributed by atoms with Gasteiger partial charge in [0.2, 0.25) is 11.8 Å². The third kappa shape index (κ3) is 3.47. The van der Waals surface area contributed by atoms with Crippen LogP contribution in [0.5, 0.6) is 5.75 Å². The molecule has 2 heterocycles. The van der Waals surface area contributed by atoms with Crippen molar-refractivity contribution in [1.82, 2.24) is 4.90 Å². The average molecular weight is 399 g/mol. The predicted octanol–water partition coefficient (Wildman–Crippen LogP) is 3.59. The molecule has 0 N–H and O–H groups in total. The Morgan fingerprint density at radius 1 is 1.18 bits per heavy atom. The molecular formula is C22H23ClN2O3. The molecule has 2 aromatic carbocycles. The summed E-state index contributed by atoms with van der Waals surface area (Å²) in [7, 11) is 1.64. The van der Waals surface area contributed by atoms with Crippen LogP contribution in [0, 0.1) is 12.8 Å². The maximum atomic E-state index is 13.1. The number of hydrogen-bond donors (Lipinski definition) is 0. The monoisotopic (exact) mass is 398 g/mol. The van der Waals surface area contributed by atoms with Gasteiger partial charge >= 0.3 is 0 Å². The molecule has 1 saturated heterocycles. The quantitative estimate of drug-likeness (QED) is 0.793. The highest BCUT2D eigenvalue weighted by atomic mass is 35.5. The lowest BCUT2D eigenvalue weighted by atomic mass is 9.97. The van der Waals surface area contributed by atoms with Crippen LogP contribution in [-0.2, 0) is 22.6 Å². The Morgan fingerprint density at radius 3 is 2.79 bits per heavy atom. The van der Waals surface area contributed by atoms with Crippen molar-refractivity contribution in [3.05, 3.63) is 58.1 Å². The Balaban J connectivity index is 1.50. The Hall–Kier alpha value is -2.53. The number of nitrogens with zero attached hydrogens (tertiary/aromatic N) is 2. The van der Waals surface area contributed by atoms with E-state index in [0.29, 0.717) is 24.7 Å². The number of anilines is 1. The minimum Gasteiger partial charge on any atom is -0.497 e. The van der Waals surface area contributed by atoms with Crippen molar-refractivity contribution < 1.29 is 14.3 Å². The van der Waals surface area contributed by atoms with E-state index in [4.69, 9.17) is 16.3 Å². The van der Waals surface area contributed by atoms with E-state index >= 15 is 0 Å². The molecule has 0 saturated carbocycles. The molecule has 5 nitrogen and oxygen atoms in total. The van der Waals surface area contributed by atoms with Crippen LogP contribution in [0.15, 0.2) is 36.4 Å². The molecule has 2 aliphatic rings. The summed E-state index contributed by atoms with van der Waals surface area (Å²) in [6.45, 7) is 3.59. The first kappa shape index (κ1) is 18.8. The zero-order valence-corrected chi connectivity index (χ0v) is 16.8. The molecule has 0 aliphatic carbocycles. The largest absolute Gasteiger partial charge is 0.497 e. The zero-order chi connectivity index (χ0) is 19.8. The lowest BCUT2D eigenvalue weighted by Crippen LogP contribution is -2.40. The number of amides is 2. The van der Waals surface area contributed by atoms with Crippen molar-refractivity contribution in [3.63, 3.8) is 0 Å². The van der Waals surface area contributed by atoms with Crippen molar-refractivity contribution in [1.29, 1.82) is 0 Å². The summed E-state index contributed by atoms with van der Waals surface area (Å²) in [5, 5.41) is 0.588. The van der Waals surface area contributed by atoms with Crippen molar-refractivity contribution in [2.75, 3.05) is 25.1 Å². The van der Waals surface area contributed by atoms with Gasteiger partial charge in [0.15, 0.2) is 0 Å². The molecule has 0 spiro atoms. The number of ether oxygens (including phenoxy) is 1. The van der Waals surface area contributed by atoms with E-state index in [1.165, 1.54) is 5.56 Å². The SMILES string of the molecule is COc1ccc2c(c1)CN(C(=O)C1CC(=O)N(c3cc(Cl)ccc3C)C1)CC2. The number of aryl methyl sites for hydroxylation is 1. The summed E-state index contributed by atoms with van der Waals surface area (Å²) >= 11 is 6.11. The molecule has 1 fully saturated rings. The predicted molar refractivity (Wildman–Crippen MR) is 109 cm³/mol. The Morgan fingerprint density at radius 2 is 2.00 bits per heavy atom. The Kier molecular flexibility index (Phi) is 5.02. The molecule has 1 unspecified atom stereocenters. The maximum Gasteiger partial charge on any atom is 0.228 e. The first-order valence-corrected chi connectivity index (χ1v) is 9.85. The molecule has 6 heteroatoms. The highest BCUT2D eigenvalue weighted by Gasteiger charge is 2.38. The van der Waals surface area contributed by atoms with E-state index in [1.54, 1.807) is 18.1 Å². The van der Waals surface area contributed by atoms with E-state index in [-0.39, 0.29) is 24.2 Å². The number of halogens is 1. The lowest BCUT2D eigenvalue weighted by Gasteiger charge is -2.31. The van der Waals surface area contributed by atoms with Gasteiger partial charge in [0, 0.05) is 36.8 Å². The average Bonchev–Trinajstić information content (AvgIpc) is 3.09. The van der Waals surface area contributed by atoms with E-state index in [0.717, 1.165) is 29.0 Å². The highest BCUT2D eigenvalue weighted by Crippen LogP contribution is 2.32. The van der Waals surface area contributed by atoms with E-state index in [9.17, 15) is 9.59 Å². The van der Waals surface area contributed by atoms with E-state index in [2.05, 4.69) is 6.07 Å². The summed E-state index contributed by atoms with van der Waals surface area (Å²) in [6.07, 6.45) is 1.06. The van der Waals surface area contributed by atoms with Gasteiger partial charge in [-0.1, -0.05) is 23.7 Å². The standard InChI is InChI=1S/C22H23ClN2O3/c1-14-3-5-18(23)11-20(14)25-13-17(10-21(25)26)22(27)24-8-7-15-4-6-19(28-2)9-16(15)12-24/h3-6,9,11,17H,7-8,10,12-13H2,1-2H3. The molecule has 0 bridgehead atoms. The van der Waals surface area contributed by atoms with E-state index in [1.807, 2.05) is 36.1 Å². The Bertz CT molecular complexity index is 943. The van der Waals surface area contributed by atoms with Crippen molar-refractivity contribution in [3.8, 4) is 5.75 Å². The molecule has 28 heavy (non-hydrogen) atoms. The highest BCUT2D eigenvalue weighted by molar-refractivity contribution is 6.31. The maximum absolute atomic E-state index is 13.1. The zero-order valence-electron chi connectivity index (χ0n) is 16.1. The fourth-order valence-electron chi connectivity index (χ4n) is 4.09. The van der Waals surface area contributed by atoms with Gasteiger partial charge in [0.05, 0.1) is 13.0 Å². The second kappa shape index (κ2) is 7.47. The van der Waals surface area contributed by atoms with Gasteiger partial charge in [-0.15, -0.1) is 0 Å². The van der Waals surface area contributed by atoms with Gasteiger partial charge in [-0.2, -0.15) is 0 Å². The molecule has 0 radical (unpaired) electrons. The molecule has 2 amide bonds. The number of carbonyl (C=O) groups is 2. The van der Waals surface area contributed by atoms with Gasteiger partial charge in [-0.05, 0) is 54.3 Å². The molecule has 146 valence electrons. The number of fused-ring (bicyclic) bond motifs is 1. The topological polar surface area (TPSA) is 49.9 Å². The van der Waals surface area contributed by atoms with Crippen LogP contribution in [0.25, 0.3) is 0 Å². The summed E-state index contributed by atoms with van der Waals surface area (Å²) in [5.41, 5.74) is 4.14. The van der Waals surface area contributed by atoms with Crippen LogP contribution in [0.1, 0.15) is 23.1 Å². The summed E-state index contributed by atoms with van der Waals surface area (Å²) < 4.78 is 5.31. The van der Waals surface area contributed by atoms with E-state index < -0.39 is 0 Å². The molecule has 4 rings (SSSR count). The fourth-order valence-corrected chi connectivity index (χ4v) is 4.25. The number of hydrogen-bond acceptors (Lipinski definition) is 3. The molecule has 1 atom stereocenters. The van der Waals surface area contributed by atoms with Crippen LogP contribution in [0.4, 0.5) is 5.69 Å². The molecule has 2 aliphatic heterocycles. The van der Waals surface area contributed by atoms with Gasteiger partial charge < -0.3 is 14.5 Å². The van der Waals surface area contributed by atoms with Crippen molar-refractivity contribution >= 4 is 29.1 Å². The molecular weight excluding hydrogens is 376 g/mol. The number of methoxy groups -OCH3 is 1. The summed E-state index contributed by atoms with van der Waals surface area (Å²) in [6, 6.07) is 11.5. The Labute approximate surface area is 169 Å². The number of rotatable bonds is 3. The normalized spacial score (nSPS) is 19.0. The molecule has 2 aromatic rings. The third-order valence-corrected chi connectivity index (χ3v) is 5.91. The summed E-state index contributed by atoms with van der Waals surface area (Å²) in [5.74, 6) is 0.497. The number of benzene rings is 2. The van der Waals surface area contributed by atoms with Crippen molar-refractivity contribution in [2.45, 2.75) is 26.3 Å². The van der Waals surface area contributed by atoms with Gasteiger partial charge in [0.1, 0.15) is 5.75 Å².